The molecule has 0 radical (unpaired) electrons. The molecule has 2 aromatic carbocycles. The van der Waals surface area contributed by atoms with Gasteiger partial charge >= 0.3 is 0 Å². The molecule has 1 heterocycles. The van der Waals surface area contributed by atoms with Gasteiger partial charge in [0.15, 0.2) is 17.3 Å². The van der Waals surface area contributed by atoms with Crippen LogP contribution in [0, 0.1) is 0 Å². The number of carbonyl (C=O) groups is 1. The van der Waals surface area contributed by atoms with Crippen molar-refractivity contribution >= 4 is 15.8 Å². The van der Waals surface area contributed by atoms with Gasteiger partial charge in [0.05, 0.1) is 11.4 Å². The molecule has 0 fully saturated rings. The van der Waals surface area contributed by atoms with E-state index in [0.29, 0.717) is 23.6 Å². The van der Waals surface area contributed by atoms with Gasteiger partial charge in [-0.2, -0.15) is 4.31 Å². The molecule has 1 aliphatic rings. The van der Waals surface area contributed by atoms with Crippen LogP contribution in [0.1, 0.15) is 24.2 Å². The van der Waals surface area contributed by atoms with Crippen molar-refractivity contribution in [2.75, 3.05) is 19.7 Å². The van der Waals surface area contributed by atoms with Crippen molar-refractivity contribution in [1.82, 2.24) is 4.31 Å². The molecule has 6 nitrogen and oxygen atoms in total. The van der Waals surface area contributed by atoms with Crippen LogP contribution in [0.2, 0.25) is 0 Å². The molecule has 0 spiro atoms. The maximum Gasteiger partial charge on any atom is 0.243 e. The molecule has 26 heavy (non-hydrogen) atoms. The molecule has 0 amide bonds. The van der Waals surface area contributed by atoms with E-state index in [1.165, 1.54) is 35.5 Å². The normalized spacial score (nSPS) is 16.5. The van der Waals surface area contributed by atoms with E-state index in [-0.39, 0.29) is 23.8 Å². The first kappa shape index (κ1) is 18.4. The maximum absolute atomic E-state index is 12.9. The van der Waals surface area contributed by atoms with E-state index >= 15 is 0 Å². The van der Waals surface area contributed by atoms with Gasteiger partial charge in [0.1, 0.15) is 12.7 Å². The number of benzene rings is 2. The molecule has 138 valence electrons. The highest BCUT2D eigenvalue weighted by atomic mass is 32.2. The number of carbonyl (C=O) groups excluding carboxylic acids is 1. The number of rotatable bonds is 6. The second-order valence-electron chi connectivity index (χ2n) is 6.03. The standard InChI is InChI=1S/C19H21NO5S/c1-3-20(12-16-13-24-18-6-4-5-7-19(18)25-16)26(22,23)17-10-8-15(9-11-17)14(2)21/h4-11,16H,3,12-13H2,1-2H3. The first-order chi connectivity index (χ1) is 12.4. The van der Waals surface area contributed by atoms with Crippen molar-refractivity contribution in [3.8, 4) is 11.5 Å². The van der Waals surface area contributed by atoms with E-state index in [2.05, 4.69) is 0 Å². The average molecular weight is 375 g/mol. The van der Waals surface area contributed by atoms with Gasteiger partial charge < -0.3 is 9.47 Å². The molecule has 0 saturated carbocycles. The minimum Gasteiger partial charge on any atom is -0.486 e. The summed E-state index contributed by atoms with van der Waals surface area (Å²) >= 11 is 0. The largest absolute Gasteiger partial charge is 0.486 e. The van der Waals surface area contributed by atoms with Crippen LogP contribution in [0.4, 0.5) is 0 Å². The van der Waals surface area contributed by atoms with E-state index in [1.807, 2.05) is 18.2 Å². The number of hydrogen-bond donors (Lipinski definition) is 0. The number of ketones is 1. The van der Waals surface area contributed by atoms with Crippen molar-refractivity contribution in [3.63, 3.8) is 0 Å². The lowest BCUT2D eigenvalue weighted by Gasteiger charge is -2.30. The lowest BCUT2D eigenvalue weighted by molar-refractivity contribution is 0.0771. The Morgan fingerprint density at radius 3 is 2.38 bits per heavy atom. The fraction of sp³-hybridized carbons (Fsp3) is 0.316. The molecular formula is C19H21NO5S. The van der Waals surface area contributed by atoms with Gasteiger partial charge in [0, 0.05) is 12.1 Å². The molecule has 0 saturated heterocycles. The zero-order chi connectivity index (χ0) is 18.7. The quantitative estimate of drug-likeness (QED) is 0.726. The van der Waals surface area contributed by atoms with Crippen molar-refractivity contribution < 1.29 is 22.7 Å². The van der Waals surface area contributed by atoms with E-state index in [1.54, 1.807) is 13.0 Å². The highest BCUT2D eigenvalue weighted by Gasteiger charge is 2.29. The number of likely N-dealkylation sites (N-methyl/N-ethyl adjacent to an activating group) is 1. The molecule has 1 aliphatic heterocycles. The summed E-state index contributed by atoms with van der Waals surface area (Å²) in [6.45, 7) is 3.99. The van der Waals surface area contributed by atoms with E-state index in [0.717, 1.165) is 0 Å². The van der Waals surface area contributed by atoms with Crippen LogP contribution >= 0.6 is 0 Å². The predicted octanol–water partition coefficient (Wildman–Crippen LogP) is 2.74. The molecule has 0 aromatic heterocycles. The molecule has 0 N–H and O–H groups in total. The first-order valence-electron chi connectivity index (χ1n) is 8.41. The summed E-state index contributed by atoms with van der Waals surface area (Å²) in [6.07, 6.45) is -0.392. The number of ether oxygens (including phenoxy) is 2. The van der Waals surface area contributed by atoms with E-state index < -0.39 is 16.1 Å². The smallest absolute Gasteiger partial charge is 0.243 e. The molecule has 0 bridgehead atoms. The summed E-state index contributed by atoms with van der Waals surface area (Å²) in [5.41, 5.74) is 0.479. The van der Waals surface area contributed by atoms with Gasteiger partial charge in [-0.1, -0.05) is 31.2 Å². The highest BCUT2D eigenvalue weighted by Crippen LogP contribution is 2.31. The number of fused-ring (bicyclic) bond motifs is 1. The van der Waals surface area contributed by atoms with Crippen LogP contribution in [-0.4, -0.2) is 44.3 Å². The fourth-order valence-corrected chi connectivity index (χ4v) is 4.27. The number of para-hydroxylation sites is 2. The van der Waals surface area contributed by atoms with Crippen LogP contribution < -0.4 is 9.47 Å². The lowest BCUT2D eigenvalue weighted by atomic mass is 10.2. The van der Waals surface area contributed by atoms with Crippen LogP contribution in [0.5, 0.6) is 11.5 Å². The third-order valence-electron chi connectivity index (χ3n) is 4.23. The Hall–Kier alpha value is -2.38. The summed E-state index contributed by atoms with van der Waals surface area (Å²) in [7, 11) is -3.68. The molecule has 1 unspecified atom stereocenters. The lowest BCUT2D eigenvalue weighted by Crippen LogP contribution is -2.43. The van der Waals surface area contributed by atoms with Crippen LogP contribution in [-0.2, 0) is 10.0 Å². The SMILES string of the molecule is CCN(CC1COc2ccccc2O1)S(=O)(=O)c1ccc(C(C)=O)cc1. The molecular weight excluding hydrogens is 354 g/mol. The fourth-order valence-electron chi connectivity index (χ4n) is 2.79. The Kier molecular flexibility index (Phi) is 5.29. The van der Waals surface area contributed by atoms with E-state index in [9.17, 15) is 13.2 Å². The van der Waals surface area contributed by atoms with E-state index in [4.69, 9.17) is 9.47 Å². The van der Waals surface area contributed by atoms with Gasteiger partial charge in [-0.05, 0) is 31.2 Å². The number of nitrogens with zero attached hydrogens (tertiary/aromatic N) is 1. The summed E-state index contributed by atoms with van der Waals surface area (Å²) in [5, 5.41) is 0. The molecule has 7 heteroatoms. The summed E-state index contributed by atoms with van der Waals surface area (Å²) < 4.78 is 38.7. The predicted molar refractivity (Wildman–Crippen MR) is 97.2 cm³/mol. The van der Waals surface area contributed by atoms with Gasteiger partial charge in [-0.25, -0.2) is 8.42 Å². The molecule has 3 rings (SSSR count). The zero-order valence-corrected chi connectivity index (χ0v) is 15.5. The number of hydrogen-bond acceptors (Lipinski definition) is 5. The Morgan fingerprint density at radius 2 is 1.77 bits per heavy atom. The average Bonchev–Trinajstić information content (AvgIpc) is 2.65. The zero-order valence-electron chi connectivity index (χ0n) is 14.7. The Morgan fingerprint density at radius 1 is 1.12 bits per heavy atom. The maximum atomic E-state index is 12.9. The Bertz CT molecular complexity index is 892. The van der Waals surface area contributed by atoms with Crippen LogP contribution in [0.15, 0.2) is 53.4 Å². The van der Waals surface area contributed by atoms with Gasteiger partial charge in [-0.3, -0.25) is 4.79 Å². The molecule has 2 aromatic rings. The monoisotopic (exact) mass is 375 g/mol. The Balaban J connectivity index is 1.76. The van der Waals surface area contributed by atoms with Crippen molar-refractivity contribution in [2.45, 2.75) is 24.8 Å². The van der Waals surface area contributed by atoms with Crippen molar-refractivity contribution in [3.05, 3.63) is 54.1 Å². The van der Waals surface area contributed by atoms with Crippen molar-refractivity contribution in [1.29, 1.82) is 0 Å². The third-order valence-corrected chi connectivity index (χ3v) is 6.18. The minimum absolute atomic E-state index is 0.104. The van der Waals surface area contributed by atoms with Gasteiger partial charge in [-0.15, -0.1) is 0 Å². The van der Waals surface area contributed by atoms with Crippen LogP contribution in [0.3, 0.4) is 0 Å². The second-order valence-corrected chi connectivity index (χ2v) is 7.97. The summed E-state index contributed by atoms with van der Waals surface area (Å²) in [4.78, 5) is 11.5. The summed E-state index contributed by atoms with van der Waals surface area (Å²) in [5.74, 6) is 1.17. The highest BCUT2D eigenvalue weighted by molar-refractivity contribution is 7.89. The Labute approximate surface area is 153 Å². The minimum atomic E-state index is -3.68. The topological polar surface area (TPSA) is 72.9 Å². The van der Waals surface area contributed by atoms with Crippen molar-refractivity contribution in [2.24, 2.45) is 0 Å². The number of Topliss-reactive ketones (excluding diaryl/α,β-unsaturated/α-hetero) is 1. The summed E-state index contributed by atoms with van der Waals surface area (Å²) in [6, 6.07) is 13.3. The molecule has 1 atom stereocenters. The second kappa shape index (κ2) is 7.47. The van der Waals surface area contributed by atoms with Gasteiger partial charge in [0.2, 0.25) is 10.0 Å². The molecule has 0 aliphatic carbocycles. The number of sulfonamides is 1. The van der Waals surface area contributed by atoms with Crippen LogP contribution in [0.25, 0.3) is 0 Å². The third kappa shape index (κ3) is 3.73. The van der Waals surface area contributed by atoms with Gasteiger partial charge in [0.25, 0.3) is 0 Å². The first-order valence-corrected chi connectivity index (χ1v) is 9.85.